The molecule has 0 radical (unpaired) electrons. The molecule has 1 heterocycles. The number of benzene rings is 1. The maximum absolute atomic E-state index is 11.3. The van der Waals surface area contributed by atoms with Crippen molar-refractivity contribution in [2.45, 2.75) is 32.4 Å². The van der Waals surface area contributed by atoms with Crippen molar-refractivity contribution < 1.29 is 13.2 Å². The van der Waals surface area contributed by atoms with Gasteiger partial charge >= 0.3 is 0 Å². The molecule has 0 spiro atoms. The van der Waals surface area contributed by atoms with Gasteiger partial charge in [0.25, 0.3) is 0 Å². The molecule has 1 aromatic carbocycles. The van der Waals surface area contributed by atoms with E-state index in [4.69, 9.17) is 0 Å². The minimum Gasteiger partial charge on any atom is -0.326 e. The van der Waals surface area contributed by atoms with Crippen molar-refractivity contribution in [1.29, 1.82) is 0 Å². The van der Waals surface area contributed by atoms with Gasteiger partial charge in [-0.2, -0.15) is 0 Å². The van der Waals surface area contributed by atoms with E-state index >= 15 is 0 Å². The van der Waals surface area contributed by atoms with E-state index in [0.29, 0.717) is 19.4 Å². The lowest BCUT2D eigenvalue weighted by Crippen LogP contribution is -2.37. The molecule has 0 aromatic heterocycles. The summed E-state index contributed by atoms with van der Waals surface area (Å²) in [4.78, 5) is 10.9. The van der Waals surface area contributed by atoms with Gasteiger partial charge in [0.1, 0.15) is 9.84 Å². The van der Waals surface area contributed by atoms with E-state index in [0.717, 1.165) is 11.3 Å². The van der Waals surface area contributed by atoms with Crippen LogP contribution in [0, 0.1) is 0 Å². The van der Waals surface area contributed by atoms with Crippen LogP contribution in [0.4, 0.5) is 5.69 Å². The molecule has 110 valence electrons. The molecule has 0 atom stereocenters. The van der Waals surface area contributed by atoms with Crippen molar-refractivity contribution in [2.75, 3.05) is 16.8 Å². The first kappa shape index (κ1) is 15.0. The number of sulfone groups is 1. The summed E-state index contributed by atoms with van der Waals surface area (Å²) in [5.41, 5.74) is 1.90. The van der Waals surface area contributed by atoms with Gasteiger partial charge in [-0.15, -0.1) is 0 Å². The van der Waals surface area contributed by atoms with Gasteiger partial charge in [0.05, 0.1) is 11.5 Å². The zero-order chi connectivity index (χ0) is 14.6. The van der Waals surface area contributed by atoms with Gasteiger partial charge in [-0.25, -0.2) is 8.42 Å². The summed E-state index contributed by atoms with van der Waals surface area (Å²) in [6, 6.07) is 7.91. The molecule has 0 unspecified atom stereocenters. The SMILES string of the molecule is CC(=O)Nc1ccc(CNC2CCS(=O)(=O)CC2)cc1. The molecule has 1 aliphatic rings. The van der Waals surface area contributed by atoms with Gasteiger partial charge in [-0.3, -0.25) is 4.79 Å². The van der Waals surface area contributed by atoms with Crippen LogP contribution in [0.15, 0.2) is 24.3 Å². The maximum Gasteiger partial charge on any atom is 0.221 e. The number of hydrogen-bond acceptors (Lipinski definition) is 4. The topological polar surface area (TPSA) is 75.3 Å². The van der Waals surface area contributed by atoms with Crippen LogP contribution < -0.4 is 10.6 Å². The Morgan fingerprint density at radius 1 is 1.20 bits per heavy atom. The maximum atomic E-state index is 11.3. The Morgan fingerprint density at radius 2 is 1.80 bits per heavy atom. The highest BCUT2D eigenvalue weighted by Gasteiger charge is 2.22. The fourth-order valence-corrected chi connectivity index (χ4v) is 3.76. The zero-order valence-electron chi connectivity index (χ0n) is 11.6. The predicted molar refractivity (Wildman–Crippen MR) is 79.3 cm³/mol. The van der Waals surface area contributed by atoms with E-state index in [1.54, 1.807) is 0 Å². The molecule has 1 amide bonds. The second-order valence-electron chi connectivity index (χ2n) is 5.19. The quantitative estimate of drug-likeness (QED) is 0.878. The van der Waals surface area contributed by atoms with Crippen LogP contribution >= 0.6 is 0 Å². The third-order valence-corrected chi connectivity index (χ3v) is 5.14. The zero-order valence-corrected chi connectivity index (χ0v) is 12.4. The van der Waals surface area contributed by atoms with Gasteiger partial charge in [-0.05, 0) is 30.5 Å². The van der Waals surface area contributed by atoms with Crippen molar-refractivity contribution in [3.63, 3.8) is 0 Å². The van der Waals surface area contributed by atoms with E-state index in [9.17, 15) is 13.2 Å². The molecular weight excluding hydrogens is 276 g/mol. The van der Waals surface area contributed by atoms with Crippen molar-refractivity contribution in [3.8, 4) is 0 Å². The average molecular weight is 296 g/mol. The van der Waals surface area contributed by atoms with Gasteiger partial charge in [0.15, 0.2) is 0 Å². The number of carbonyl (C=O) groups excluding carboxylic acids is 1. The van der Waals surface area contributed by atoms with Gasteiger partial charge in [0, 0.05) is 25.2 Å². The largest absolute Gasteiger partial charge is 0.326 e. The molecule has 1 saturated heterocycles. The van der Waals surface area contributed by atoms with E-state index in [1.165, 1.54) is 6.92 Å². The van der Waals surface area contributed by atoms with Crippen LogP contribution in [0.2, 0.25) is 0 Å². The van der Waals surface area contributed by atoms with Crippen molar-refractivity contribution in [2.24, 2.45) is 0 Å². The highest BCUT2D eigenvalue weighted by molar-refractivity contribution is 7.91. The molecule has 1 aliphatic heterocycles. The molecule has 0 aliphatic carbocycles. The number of nitrogens with one attached hydrogen (secondary N) is 2. The third kappa shape index (κ3) is 4.61. The number of rotatable bonds is 4. The fraction of sp³-hybridized carbons (Fsp3) is 0.500. The lowest BCUT2D eigenvalue weighted by Gasteiger charge is -2.23. The first-order valence-electron chi connectivity index (χ1n) is 6.75. The number of hydrogen-bond donors (Lipinski definition) is 2. The van der Waals surface area contributed by atoms with Crippen LogP contribution in [-0.4, -0.2) is 31.9 Å². The highest BCUT2D eigenvalue weighted by Crippen LogP contribution is 2.14. The lowest BCUT2D eigenvalue weighted by molar-refractivity contribution is -0.114. The van der Waals surface area contributed by atoms with E-state index in [1.807, 2.05) is 24.3 Å². The first-order valence-corrected chi connectivity index (χ1v) is 8.57. The molecular formula is C14H20N2O3S. The Hall–Kier alpha value is -1.40. The summed E-state index contributed by atoms with van der Waals surface area (Å²) >= 11 is 0. The predicted octanol–water partition coefficient (Wildman–Crippen LogP) is 1.31. The summed E-state index contributed by atoms with van der Waals surface area (Å²) in [7, 11) is -2.80. The molecule has 0 saturated carbocycles. The Labute approximate surface area is 119 Å². The first-order chi connectivity index (χ1) is 9.44. The molecule has 0 bridgehead atoms. The lowest BCUT2D eigenvalue weighted by atomic mass is 10.1. The monoisotopic (exact) mass is 296 g/mol. The Kier molecular flexibility index (Phi) is 4.77. The molecule has 2 N–H and O–H groups in total. The molecule has 1 fully saturated rings. The second kappa shape index (κ2) is 6.37. The summed E-state index contributed by atoms with van der Waals surface area (Å²) in [6.45, 7) is 2.19. The molecule has 5 nitrogen and oxygen atoms in total. The molecule has 2 rings (SSSR count). The van der Waals surface area contributed by atoms with Crippen molar-refractivity contribution in [1.82, 2.24) is 5.32 Å². The van der Waals surface area contributed by atoms with E-state index in [2.05, 4.69) is 10.6 Å². The summed E-state index contributed by atoms with van der Waals surface area (Å²) in [6.07, 6.45) is 1.37. The Morgan fingerprint density at radius 3 is 2.35 bits per heavy atom. The van der Waals surface area contributed by atoms with Crippen LogP contribution in [0.25, 0.3) is 0 Å². The fourth-order valence-electron chi connectivity index (χ4n) is 2.27. The number of carbonyl (C=O) groups is 1. The second-order valence-corrected chi connectivity index (χ2v) is 7.49. The average Bonchev–Trinajstić information content (AvgIpc) is 2.38. The minimum absolute atomic E-state index is 0.0840. The normalized spacial score (nSPS) is 18.6. The van der Waals surface area contributed by atoms with Crippen LogP contribution in [0.1, 0.15) is 25.3 Å². The molecule has 20 heavy (non-hydrogen) atoms. The van der Waals surface area contributed by atoms with Gasteiger partial charge < -0.3 is 10.6 Å². The Balaban J connectivity index is 1.81. The Bertz CT molecular complexity index is 553. The highest BCUT2D eigenvalue weighted by atomic mass is 32.2. The van der Waals surface area contributed by atoms with Gasteiger partial charge in [-0.1, -0.05) is 12.1 Å². The summed E-state index contributed by atoms with van der Waals surface area (Å²) in [5, 5.41) is 6.10. The van der Waals surface area contributed by atoms with E-state index in [-0.39, 0.29) is 23.5 Å². The summed E-state index contributed by atoms with van der Waals surface area (Å²) in [5.74, 6) is 0.484. The smallest absolute Gasteiger partial charge is 0.221 e. The minimum atomic E-state index is -2.80. The van der Waals surface area contributed by atoms with Gasteiger partial charge in [0.2, 0.25) is 5.91 Å². The molecule has 6 heteroatoms. The summed E-state index contributed by atoms with van der Waals surface area (Å²) < 4.78 is 22.7. The van der Waals surface area contributed by atoms with Crippen molar-refractivity contribution in [3.05, 3.63) is 29.8 Å². The standard InChI is InChI=1S/C14H20N2O3S/c1-11(17)16-14-4-2-12(3-5-14)10-15-13-6-8-20(18,19)9-7-13/h2-5,13,15H,6-10H2,1H3,(H,16,17). The molecule has 1 aromatic rings. The number of anilines is 1. The van der Waals surface area contributed by atoms with Crippen molar-refractivity contribution >= 4 is 21.4 Å². The third-order valence-electron chi connectivity index (χ3n) is 3.42. The van der Waals surface area contributed by atoms with E-state index < -0.39 is 9.84 Å². The number of amides is 1. The van der Waals surface area contributed by atoms with Crippen LogP contribution in [0.5, 0.6) is 0 Å². The van der Waals surface area contributed by atoms with Crippen LogP contribution in [-0.2, 0) is 21.2 Å². The van der Waals surface area contributed by atoms with Crippen LogP contribution in [0.3, 0.4) is 0 Å².